The van der Waals surface area contributed by atoms with Crippen LogP contribution in [0.5, 0.6) is 0 Å². The number of nitrogens with two attached hydrogens (primary N) is 1. The van der Waals surface area contributed by atoms with E-state index in [-0.39, 0.29) is 24.2 Å². The Bertz CT molecular complexity index is 511. The molecule has 0 aromatic heterocycles. The summed E-state index contributed by atoms with van der Waals surface area (Å²) in [4.78, 5) is 28.1. The molecular weight excluding hydrogens is 314 g/mol. The molecule has 2 N–H and O–H groups in total. The van der Waals surface area contributed by atoms with E-state index in [0.29, 0.717) is 39.1 Å². The molecule has 1 aromatic rings. The van der Waals surface area contributed by atoms with E-state index in [1.165, 1.54) is 5.56 Å². The molecule has 0 unspecified atom stereocenters. The molecule has 0 saturated carbocycles. The van der Waals surface area contributed by atoms with Crippen LogP contribution in [0.3, 0.4) is 0 Å². The Morgan fingerprint density at radius 3 is 2.13 bits per heavy atom. The number of benzene rings is 1. The van der Waals surface area contributed by atoms with Crippen molar-refractivity contribution in [1.29, 1.82) is 0 Å². The van der Waals surface area contributed by atoms with Crippen molar-refractivity contribution < 1.29 is 9.59 Å². The largest absolute Gasteiger partial charge is 0.339 e. The zero-order valence-corrected chi connectivity index (χ0v) is 14.5. The lowest BCUT2D eigenvalue weighted by Gasteiger charge is -2.35. The van der Waals surface area contributed by atoms with Crippen LogP contribution in [0.15, 0.2) is 24.3 Å². The average Bonchev–Trinajstić information content (AvgIpc) is 2.59. The van der Waals surface area contributed by atoms with E-state index < -0.39 is 0 Å². The maximum atomic E-state index is 12.5. The van der Waals surface area contributed by atoms with Crippen LogP contribution < -0.4 is 5.73 Å². The Balaban J connectivity index is 0.00000264. The summed E-state index contributed by atoms with van der Waals surface area (Å²) >= 11 is 0. The molecule has 0 radical (unpaired) electrons. The number of aryl methyl sites for hydroxylation is 1. The monoisotopic (exact) mass is 339 g/mol. The fourth-order valence-electron chi connectivity index (χ4n) is 2.64. The van der Waals surface area contributed by atoms with Crippen LogP contribution >= 0.6 is 12.4 Å². The third-order valence-corrected chi connectivity index (χ3v) is 4.12. The van der Waals surface area contributed by atoms with Crippen LogP contribution in [0.4, 0.5) is 0 Å². The van der Waals surface area contributed by atoms with E-state index in [9.17, 15) is 9.59 Å². The highest BCUT2D eigenvalue weighted by Crippen LogP contribution is 2.11. The van der Waals surface area contributed by atoms with Crippen LogP contribution in [0.2, 0.25) is 0 Å². The third kappa shape index (κ3) is 5.22. The van der Waals surface area contributed by atoms with Gasteiger partial charge >= 0.3 is 0 Å². The average molecular weight is 340 g/mol. The molecule has 2 amide bonds. The number of hydrogen-bond donors (Lipinski definition) is 1. The van der Waals surface area contributed by atoms with Crippen molar-refractivity contribution in [3.8, 4) is 0 Å². The fraction of sp³-hybridized carbons (Fsp3) is 0.529. The van der Waals surface area contributed by atoms with Gasteiger partial charge in [-0.1, -0.05) is 19.1 Å². The topological polar surface area (TPSA) is 66.6 Å². The van der Waals surface area contributed by atoms with E-state index >= 15 is 0 Å². The maximum Gasteiger partial charge on any atom is 0.253 e. The Hall–Kier alpha value is -1.59. The number of halogens is 1. The van der Waals surface area contributed by atoms with Crippen LogP contribution in [0.1, 0.15) is 35.7 Å². The normalized spacial score (nSPS) is 14.3. The van der Waals surface area contributed by atoms with Gasteiger partial charge in [-0.25, -0.2) is 0 Å². The maximum absolute atomic E-state index is 12.5. The second-order valence-corrected chi connectivity index (χ2v) is 5.62. The summed E-state index contributed by atoms with van der Waals surface area (Å²) in [7, 11) is 0. The molecule has 128 valence electrons. The zero-order valence-electron chi connectivity index (χ0n) is 13.7. The number of amides is 2. The quantitative estimate of drug-likeness (QED) is 0.887. The van der Waals surface area contributed by atoms with Gasteiger partial charge in [-0.15, -0.1) is 12.4 Å². The molecule has 6 heteroatoms. The molecule has 1 saturated heterocycles. The molecule has 23 heavy (non-hydrogen) atoms. The third-order valence-electron chi connectivity index (χ3n) is 4.12. The number of carbonyl (C=O) groups excluding carboxylic acids is 2. The summed E-state index contributed by atoms with van der Waals surface area (Å²) in [5.41, 5.74) is 7.38. The van der Waals surface area contributed by atoms with E-state index in [1.54, 1.807) is 0 Å². The molecule has 1 aliphatic rings. The lowest BCUT2D eigenvalue weighted by molar-refractivity contribution is -0.132. The fourth-order valence-corrected chi connectivity index (χ4v) is 2.64. The minimum absolute atomic E-state index is 0. The Labute approximate surface area is 144 Å². The van der Waals surface area contributed by atoms with Gasteiger partial charge in [0.15, 0.2) is 0 Å². The standard InChI is InChI=1S/C17H25N3O2.ClH/c1-2-14-5-7-15(8-6-14)17(22)20-12-10-19(11-13-20)16(21)4-3-9-18;/h5-8H,2-4,9-13,18H2,1H3;1H. The van der Waals surface area contributed by atoms with Crippen molar-refractivity contribution in [2.45, 2.75) is 26.2 Å². The van der Waals surface area contributed by atoms with E-state index in [0.717, 1.165) is 18.4 Å². The highest BCUT2D eigenvalue weighted by Gasteiger charge is 2.24. The van der Waals surface area contributed by atoms with Crippen molar-refractivity contribution in [3.63, 3.8) is 0 Å². The van der Waals surface area contributed by atoms with Gasteiger partial charge in [-0.05, 0) is 37.1 Å². The van der Waals surface area contributed by atoms with Crippen molar-refractivity contribution >= 4 is 24.2 Å². The van der Waals surface area contributed by atoms with E-state index in [4.69, 9.17) is 5.73 Å². The van der Waals surface area contributed by atoms with E-state index in [2.05, 4.69) is 6.92 Å². The SMILES string of the molecule is CCc1ccc(C(=O)N2CCN(C(=O)CCCN)CC2)cc1.Cl. The first-order valence-corrected chi connectivity index (χ1v) is 8.01. The smallest absolute Gasteiger partial charge is 0.253 e. The van der Waals surface area contributed by atoms with Crippen molar-refractivity contribution in [1.82, 2.24) is 9.80 Å². The number of hydrogen-bond acceptors (Lipinski definition) is 3. The molecule has 5 nitrogen and oxygen atoms in total. The Kier molecular flexibility index (Phi) is 8.06. The van der Waals surface area contributed by atoms with Crippen LogP contribution in [-0.2, 0) is 11.2 Å². The van der Waals surface area contributed by atoms with E-state index in [1.807, 2.05) is 34.1 Å². The predicted molar refractivity (Wildman–Crippen MR) is 93.8 cm³/mol. The number of nitrogens with zero attached hydrogens (tertiary/aromatic N) is 2. The van der Waals surface area contributed by atoms with Crippen LogP contribution in [0, 0.1) is 0 Å². The summed E-state index contributed by atoms with van der Waals surface area (Å²) in [6.07, 6.45) is 2.20. The lowest BCUT2D eigenvalue weighted by atomic mass is 10.1. The molecule has 0 spiro atoms. The molecule has 0 bridgehead atoms. The molecule has 1 aliphatic heterocycles. The molecule has 1 aromatic carbocycles. The minimum atomic E-state index is 0. The summed E-state index contributed by atoms with van der Waals surface area (Å²) < 4.78 is 0. The second kappa shape index (κ2) is 9.53. The highest BCUT2D eigenvalue weighted by atomic mass is 35.5. The van der Waals surface area contributed by atoms with Gasteiger partial charge in [-0.2, -0.15) is 0 Å². The summed E-state index contributed by atoms with van der Waals surface area (Å²) in [6, 6.07) is 7.78. The molecule has 0 atom stereocenters. The van der Waals surface area contributed by atoms with Crippen LogP contribution in [0.25, 0.3) is 0 Å². The van der Waals surface area contributed by atoms with Gasteiger partial charge in [-0.3, -0.25) is 9.59 Å². The minimum Gasteiger partial charge on any atom is -0.339 e. The Morgan fingerprint density at radius 2 is 1.61 bits per heavy atom. The predicted octanol–water partition coefficient (Wildman–Crippen LogP) is 1.69. The first-order chi connectivity index (χ1) is 10.7. The second-order valence-electron chi connectivity index (χ2n) is 5.62. The zero-order chi connectivity index (χ0) is 15.9. The first kappa shape index (κ1) is 19.5. The molecular formula is C17H26ClN3O2. The number of piperazine rings is 1. The lowest BCUT2D eigenvalue weighted by Crippen LogP contribution is -2.50. The molecule has 2 rings (SSSR count). The molecule has 1 heterocycles. The summed E-state index contributed by atoms with van der Waals surface area (Å²) in [6.45, 7) is 5.06. The van der Waals surface area contributed by atoms with Gasteiger partial charge in [0.25, 0.3) is 5.91 Å². The van der Waals surface area contributed by atoms with Gasteiger partial charge in [0, 0.05) is 38.2 Å². The summed E-state index contributed by atoms with van der Waals surface area (Å²) in [5, 5.41) is 0. The van der Waals surface area contributed by atoms with Crippen molar-refractivity contribution in [2.24, 2.45) is 5.73 Å². The van der Waals surface area contributed by atoms with Crippen molar-refractivity contribution in [3.05, 3.63) is 35.4 Å². The van der Waals surface area contributed by atoms with Crippen molar-refractivity contribution in [2.75, 3.05) is 32.7 Å². The summed E-state index contributed by atoms with van der Waals surface area (Å²) in [5.74, 6) is 0.196. The number of rotatable bonds is 5. The highest BCUT2D eigenvalue weighted by molar-refractivity contribution is 5.94. The van der Waals surface area contributed by atoms with Gasteiger partial charge in [0.1, 0.15) is 0 Å². The van der Waals surface area contributed by atoms with Gasteiger partial charge in [0.2, 0.25) is 5.91 Å². The van der Waals surface area contributed by atoms with Gasteiger partial charge < -0.3 is 15.5 Å². The van der Waals surface area contributed by atoms with Gasteiger partial charge in [0.05, 0.1) is 0 Å². The molecule has 0 aliphatic carbocycles. The Morgan fingerprint density at radius 1 is 1.04 bits per heavy atom. The number of carbonyl (C=O) groups is 2. The van der Waals surface area contributed by atoms with Crippen LogP contribution in [-0.4, -0.2) is 54.3 Å². The first-order valence-electron chi connectivity index (χ1n) is 8.01. The molecule has 1 fully saturated rings.